The molecular weight excluding hydrogens is 292 g/mol. The van der Waals surface area contributed by atoms with Crippen LogP contribution in [0.3, 0.4) is 0 Å². The van der Waals surface area contributed by atoms with Crippen molar-refractivity contribution in [1.82, 2.24) is 9.80 Å². The zero-order valence-electron chi connectivity index (χ0n) is 13.5. The van der Waals surface area contributed by atoms with Crippen molar-refractivity contribution in [1.29, 1.82) is 0 Å². The molecule has 0 amide bonds. The van der Waals surface area contributed by atoms with Crippen LogP contribution >= 0.6 is 11.8 Å². The quantitative estimate of drug-likeness (QED) is 0.826. The fraction of sp³-hybridized carbons (Fsp3) is 0.556. The first kappa shape index (κ1) is 15.9. The van der Waals surface area contributed by atoms with Crippen molar-refractivity contribution in [3.63, 3.8) is 0 Å². The highest BCUT2D eigenvalue weighted by molar-refractivity contribution is 7.99. The van der Waals surface area contributed by atoms with E-state index in [1.54, 1.807) is 0 Å². The van der Waals surface area contributed by atoms with Gasteiger partial charge in [0.2, 0.25) is 0 Å². The Morgan fingerprint density at radius 1 is 1.36 bits per heavy atom. The van der Waals surface area contributed by atoms with E-state index in [1.807, 2.05) is 11.8 Å². The predicted octanol–water partition coefficient (Wildman–Crippen LogP) is 3.39. The van der Waals surface area contributed by atoms with Gasteiger partial charge in [-0.25, -0.2) is 0 Å². The van der Waals surface area contributed by atoms with Gasteiger partial charge < -0.3 is 9.64 Å². The van der Waals surface area contributed by atoms with Crippen LogP contribution < -0.4 is 0 Å². The highest BCUT2D eigenvalue weighted by atomic mass is 32.2. The average molecular weight is 318 g/mol. The van der Waals surface area contributed by atoms with Crippen molar-refractivity contribution in [2.24, 2.45) is 0 Å². The second kappa shape index (κ2) is 7.53. The molecule has 2 heterocycles. The lowest BCUT2D eigenvalue weighted by Crippen LogP contribution is -2.41. The number of rotatable bonds is 5. The number of hydrogen-bond acceptors (Lipinski definition) is 4. The summed E-state index contributed by atoms with van der Waals surface area (Å²) >= 11 is 1.99. The van der Waals surface area contributed by atoms with Crippen molar-refractivity contribution in [3.8, 4) is 0 Å². The standard InChI is InChI=1S/C18H26N2OS/c1-3-19(14-15(2)20-9-11-21-12-10-20)17-8-13-22-18-7-5-4-6-16(17)18/h4-7,17H,2-3,8-14H2,1H3. The molecule has 0 saturated carbocycles. The number of nitrogens with zero attached hydrogens (tertiary/aromatic N) is 2. The lowest BCUT2D eigenvalue weighted by Gasteiger charge is -2.38. The first-order valence-electron chi connectivity index (χ1n) is 8.26. The van der Waals surface area contributed by atoms with Crippen molar-refractivity contribution < 1.29 is 4.74 Å². The molecule has 2 aliphatic heterocycles. The second-order valence-corrected chi connectivity index (χ2v) is 7.06. The minimum Gasteiger partial charge on any atom is -0.378 e. The molecule has 0 radical (unpaired) electrons. The second-order valence-electron chi connectivity index (χ2n) is 5.92. The Morgan fingerprint density at radius 3 is 2.91 bits per heavy atom. The van der Waals surface area contributed by atoms with Gasteiger partial charge in [0.15, 0.2) is 0 Å². The number of fused-ring (bicyclic) bond motifs is 1. The van der Waals surface area contributed by atoms with Gasteiger partial charge in [0, 0.05) is 36.3 Å². The summed E-state index contributed by atoms with van der Waals surface area (Å²) in [5, 5.41) is 0. The molecule has 1 fully saturated rings. The van der Waals surface area contributed by atoms with Crippen molar-refractivity contribution in [2.75, 3.05) is 45.1 Å². The van der Waals surface area contributed by atoms with Gasteiger partial charge in [0.25, 0.3) is 0 Å². The van der Waals surface area contributed by atoms with E-state index in [1.165, 1.54) is 28.3 Å². The summed E-state index contributed by atoms with van der Waals surface area (Å²) < 4.78 is 5.44. The molecule has 1 unspecified atom stereocenters. The number of ether oxygens (including phenoxy) is 1. The summed E-state index contributed by atoms with van der Waals surface area (Å²) in [6.45, 7) is 12.2. The Balaban J connectivity index is 1.70. The Morgan fingerprint density at radius 2 is 2.14 bits per heavy atom. The summed E-state index contributed by atoms with van der Waals surface area (Å²) in [5.74, 6) is 1.21. The van der Waals surface area contributed by atoms with E-state index in [0.29, 0.717) is 6.04 Å². The topological polar surface area (TPSA) is 15.7 Å². The van der Waals surface area contributed by atoms with E-state index >= 15 is 0 Å². The average Bonchev–Trinajstić information content (AvgIpc) is 2.60. The molecule has 3 rings (SSSR count). The first-order valence-corrected chi connectivity index (χ1v) is 9.24. The molecule has 1 aromatic rings. The molecule has 22 heavy (non-hydrogen) atoms. The maximum Gasteiger partial charge on any atom is 0.0642 e. The van der Waals surface area contributed by atoms with Gasteiger partial charge >= 0.3 is 0 Å². The number of benzene rings is 1. The number of morpholine rings is 1. The fourth-order valence-corrected chi connectivity index (χ4v) is 4.47. The number of hydrogen-bond donors (Lipinski definition) is 0. The van der Waals surface area contributed by atoms with Crippen LogP contribution in [0.2, 0.25) is 0 Å². The fourth-order valence-electron chi connectivity index (χ4n) is 3.36. The van der Waals surface area contributed by atoms with Crippen LogP contribution in [-0.4, -0.2) is 54.9 Å². The van der Waals surface area contributed by atoms with Crippen molar-refractivity contribution >= 4 is 11.8 Å². The molecule has 0 aliphatic carbocycles. The SMILES string of the molecule is C=C(CN(CC)C1CCSc2ccccc21)N1CCOCC1. The summed E-state index contributed by atoms with van der Waals surface area (Å²) in [6, 6.07) is 9.41. The van der Waals surface area contributed by atoms with Crippen LogP contribution in [0.25, 0.3) is 0 Å². The third-order valence-electron chi connectivity index (χ3n) is 4.62. The zero-order valence-corrected chi connectivity index (χ0v) is 14.3. The molecular formula is C18H26N2OS. The van der Waals surface area contributed by atoms with Crippen LogP contribution in [0, 0.1) is 0 Å². The Labute approximate surface area is 138 Å². The van der Waals surface area contributed by atoms with E-state index < -0.39 is 0 Å². The maximum absolute atomic E-state index is 5.44. The molecule has 0 bridgehead atoms. The molecule has 120 valence electrons. The van der Waals surface area contributed by atoms with Crippen LogP contribution in [0.15, 0.2) is 41.4 Å². The number of thioether (sulfide) groups is 1. The Hall–Kier alpha value is -0.970. The molecule has 0 aromatic heterocycles. The third kappa shape index (κ3) is 3.50. The largest absolute Gasteiger partial charge is 0.378 e. The van der Waals surface area contributed by atoms with Crippen LogP contribution in [0.4, 0.5) is 0 Å². The monoisotopic (exact) mass is 318 g/mol. The van der Waals surface area contributed by atoms with Gasteiger partial charge in [0.1, 0.15) is 0 Å². The van der Waals surface area contributed by atoms with Gasteiger partial charge in [-0.15, -0.1) is 11.8 Å². The Bertz CT molecular complexity index is 514. The molecule has 1 aromatic carbocycles. The van der Waals surface area contributed by atoms with Gasteiger partial charge in [-0.2, -0.15) is 0 Å². The molecule has 4 heteroatoms. The lowest BCUT2D eigenvalue weighted by atomic mass is 10.0. The highest BCUT2D eigenvalue weighted by Gasteiger charge is 2.26. The van der Waals surface area contributed by atoms with E-state index in [4.69, 9.17) is 4.74 Å². The van der Waals surface area contributed by atoms with Gasteiger partial charge in [-0.1, -0.05) is 31.7 Å². The summed E-state index contributed by atoms with van der Waals surface area (Å²) in [7, 11) is 0. The summed E-state index contributed by atoms with van der Waals surface area (Å²) in [4.78, 5) is 6.42. The van der Waals surface area contributed by atoms with Crippen LogP contribution in [0.5, 0.6) is 0 Å². The predicted molar refractivity (Wildman–Crippen MR) is 93.3 cm³/mol. The minimum atomic E-state index is 0.528. The van der Waals surface area contributed by atoms with Crippen LogP contribution in [0.1, 0.15) is 24.9 Å². The minimum absolute atomic E-state index is 0.528. The van der Waals surface area contributed by atoms with Gasteiger partial charge in [-0.3, -0.25) is 4.90 Å². The van der Waals surface area contributed by atoms with Crippen molar-refractivity contribution in [2.45, 2.75) is 24.3 Å². The summed E-state index contributed by atoms with van der Waals surface area (Å²) in [6.07, 6.45) is 1.23. The Kier molecular flexibility index (Phi) is 5.45. The molecule has 0 N–H and O–H groups in total. The van der Waals surface area contributed by atoms with Gasteiger partial charge in [0.05, 0.1) is 13.2 Å². The van der Waals surface area contributed by atoms with Crippen LogP contribution in [-0.2, 0) is 4.74 Å². The molecule has 1 saturated heterocycles. The van der Waals surface area contributed by atoms with E-state index in [2.05, 4.69) is 47.6 Å². The molecule has 3 nitrogen and oxygen atoms in total. The normalized spacial score (nSPS) is 21.7. The first-order chi connectivity index (χ1) is 10.8. The maximum atomic E-state index is 5.44. The summed E-state index contributed by atoms with van der Waals surface area (Å²) in [5.41, 5.74) is 2.73. The van der Waals surface area contributed by atoms with Crippen molar-refractivity contribution in [3.05, 3.63) is 42.1 Å². The van der Waals surface area contributed by atoms with E-state index in [0.717, 1.165) is 39.4 Å². The lowest BCUT2D eigenvalue weighted by molar-refractivity contribution is 0.0484. The smallest absolute Gasteiger partial charge is 0.0642 e. The highest BCUT2D eigenvalue weighted by Crippen LogP contribution is 2.39. The van der Waals surface area contributed by atoms with Gasteiger partial charge in [-0.05, 0) is 30.3 Å². The number of likely N-dealkylation sites (N-methyl/N-ethyl adjacent to an activating group) is 1. The molecule has 1 atom stereocenters. The van der Waals surface area contributed by atoms with E-state index in [-0.39, 0.29) is 0 Å². The molecule has 2 aliphatic rings. The molecule has 0 spiro atoms. The zero-order chi connectivity index (χ0) is 15.4. The third-order valence-corrected chi connectivity index (χ3v) is 5.74. The van der Waals surface area contributed by atoms with E-state index in [9.17, 15) is 0 Å².